The van der Waals surface area contributed by atoms with Gasteiger partial charge in [0.25, 0.3) is 5.91 Å². The Hall–Kier alpha value is -4.73. The summed E-state index contributed by atoms with van der Waals surface area (Å²) >= 11 is 0. The van der Waals surface area contributed by atoms with Crippen LogP contribution in [0.2, 0.25) is 0 Å². The van der Waals surface area contributed by atoms with E-state index in [0.29, 0.717) is 0 Å². The summed E-state index contributed by atoms with van der Waals surface area (Å²) in [6.07, 6.45) is -0.718. The molecule has 0 aliphatic heterocycles. The van der Waals surface area contributed by atoms with Crippen molar-refractivity contribution in [2.45, 2.75) is 5.92 Å². The Morgan fingerprint density at radius 2 is 1.49 bits per heavy atom. The Balaban J connectivity index is 1.33. The highest BCUT2D eigenvalue weighted by Crippen LogP contribution is 2.44. The van der Waals surface area contributed by atoms with Crippen LogP contribution in [0.3, 0.4) is 0 Å². The summed E-state index contributed by atoms with van der Waals surface area (Å²) in [4.78, 5) is 50.8. The molecule has 4 rings (SSSR count). The fourth-order valence-electron chi connectivity index (χ4n) is 3.86. The molecule has 10 nitrogen and oxygen atoms in total. The quantitative estimate of drug-likeness (QED) is 0.392. The highest BCUT2D eigenvalue weighted by atomic mass is 16.5. The molecule has 35 heavy (non-hydrogen) atoms. The van der Waals surface area contributed by atoms with Gasteiger partial charge >= 0.3 is 12.1 Å². The first-order valence-electron chi connectivity index (χ1n) is 10.8. The molecule has 0 atom stereocenters. The molecule has 0 spiro atoms. The van der Waals surface area contributed by atoms with E-state index in [1.807, 2.05) is 48.5 Å². The fourth-order valence-corrected chi connectivity index (χ4v) is 3.86. The minimum absolute atomic E-state index is 0.0347. The summed E-state index contributed by atoms with van der Waals surface area (Å²) in [5.74, 6) is -2.51. The standard InChI is InChI=1S/C25H22N4O6/c30-22(26-13-23(31)32)12-27-24(33)20-10-5-11-21(28-20)29-25(34)35-14-19-17-8-3-1-6-15(17)16-7-2-4-9-18(16)19/h1-11,19H,12-14H2,(H,26,30)(H,27,33)(H,31,32)(H,28,29,34). The van der Waals surface area contributed by atoms with E-state index < -0.39 is 37.0 Å². The SMILES string of the molecule is O=C(O)CNC(=O)CNC(=O)c1cccc(NC(=O)OCC2c3ccccc3-c3ccccc32)n1. The molecule has 3 amide bonds. The Morgan fingerprint density at radius 3 is 2.14 bits per heavy atom. The molecule has 0 saturated carbocycles. The zero-order valence-electron chi connectivity index (χ0n) is 18.5. The lowest BCUT2D eigenvalue weighted by molar-refractivity contribution is -0.137. The maximum absolute atomic E-state index is 12.4. The van der Waals surface area contributed by atoms with Gasteiger partial charge in [0.15, 0.2) is 0 Å². The number of carboxylic acid groups (broad SMARTS) is 1. The largest absolute Gasteiger partial charge is 0.480 e. The number of anilines is 1. The number of carbonyl (C=O) groups excluding carboxylic acids is 3. The van der Waals surface area contributed by atoms with Gasteiger partial charge in [0, 0.05) is 5.92 Å². The zero-order valence-corrected chi connectivity index (χ0v) is 18.5. The first-order valence-corrected chi connectivity index (χ1v) is 10.8. The highest BCUT2D eigenvalue weighted by molar-refractivity contribution is 5.96. The van der Waals surface area contributed by atoms with Crippen molar-refractivity contribution in [1.82, 2.24) is 15.6 Å². The fraction of sp³-hybridized carbons (Fsp3) is 0.160. The summed E-state index contributed by atoms with van der Waals surface area (Å²) < 4.78 is 5.48. The second-order valence-electron chi connectivity index (χ2n) is 7.71. The normalized spacial score (nSPS) is 11.7. The molecule has 1 heterocycles. The number of hydrogen-bond acceptors (Lipinski definition) is 6. The van der Waals surface area contributed by atoms with Crippen LogP contribution in [0.5, 0.6) is 0 Å². The second-order valence-corrected chi connectivity index (χ2v) is 7.71. The number of carbonyl (C=O) groups is 4. The smallest absolute Gasteiger partial charge is 0.412 e. The summed E-state index contributed by atoms with van der Waals surface area (Å²) in [7, 11) is 0. The van der Waals surface area contributed by atoms with Gasteiger partial charge in [-0.25, -0.2) is 9.78 Å². The number of aromatic nitrogens is 1. The lowest BCUT2D eigenvalue weighted by Gasteiger charge is -2.14. The van der Waals surface area contributed by atoms with E-state index in [2.05, 4.69) is 20.9 Å². The molecular formula is C25H22N4O6. The molecule has 178 valence electrons. The molecule has 0 bridgehead atoms. The van der Waals surface area contributed by atoms with Gasteiger partial charge in [-0.15, -0.1) is 0 Å². The first-order chi connectivity index (χ1) is 16.9. The van der Waals surface area contributed by atoms with Crippen LogP contribution in [0.4, 0.5) is 10.6 Å². The van der Waals surface area contributed by atoms with Gasteiger partial charge in [-0.05, 0) is 34.4 Å². The summed E-state index contributed by atoms with van der Waals surface area (Å²) in [6.45, 7) is -0.837. The minimum atomic E-state index is -1.20. The maximum atomic E-state index is 12.4. The number of nitrogens with zero attached hydrogens (tertiary/aromatic N) is 1. The molecule has 2 aromatic carbocycles. The van der Waals surface area contributed by atoms with Gasteiger partial charge < -0.3 is 20.5 Å². The van der Waals surface area contributed by atoms with Crippen molar-refractivity contribution in [3.05, 3.63) is 83.6 Å². The van der Waals surface area contributed by atoms with Crippen molar-refractivity contribution in [1.29, 1.82) is 0 Å². The van der Waals surface area contributed by atoms with E-state index in [1.54, 1.807) is 0 Å². The number of benzene rings is 2. The van der Waals surface area contributed by atoms with Crippen LogP contribution in [0.25, 0.3) is 11.1 Å². The molecule has 0 radical (unpaired) electrons. The van der Waals surface area contributed by atoms with Crippen LogP contribution < -0.4 is 16.0 Å². The third-order valence-electron chi connectivity index (χ3n) is 5.40. The minimum Gasteiger partial charge on any atom is -0.480 e. The Kier molecular flexibility index (Phi) is 7.01. The number of rotatable bonds is 8. The molecule has 4 N–H and O–H groups in total. The number of pyridine rings is 1. The Bertz CT molecular complexity index is 1250. The predicted molar refractivity (Wildman–Crippen MR) is 126 cm³/mol. The lowest BCUT2D eigenvalue weighted by Crippen LogP contribution is -2.39. The average molecular weight is 474 g/mol. The van der Waals surface area contributed by atoms with Gasteiger partial charge in [0.2, 0.25) is 5.91 Å². The molecule has 3 aromatic rings. The Morgan fingerprint density at radius 1 is 0.829 bits per heavy atom. The summed E-state index contributed by atoms with van der Waals surface area (Å²) in [5.41, 5.74) is 4.38. The van der Waals surface area contributed by atoms with Gasteiger partial charge in [-0.2, -0.15) is 0 Å². The predicted octanol–water partition coefficient (Wildman–Crippen LogP) is 2.37. The van der Waals surface area contributed by atoms with E-state index >= 15 is 0 Å². The molecular weight excluding hydrogens is 452 g/mol. The van der Waals surface area contributed by atoms with E-state index in [-0.39, 0.29) is 24.0 Å². The molecule has 1 aliphatic carbocycles. The number of amides is 3. The first kappa shape index (κ1) is 23.4. The lowest BCUT2D eigenvalue weighted by atomic mass is 9.98. The molecule has 10 heteroatoms. The Labute approximate surface area is 200 Å². The van der Waals surface area contributed by atoms with Gasteiger partial charge in [-0.1, -0.05) is 54.6 Å². The van der Waals surface area contributed by atoms with Gasteiger partial charge in [0.05, 0.1) is 6.54 Å². The summed E-state index contributed by atoms with van der Waals surface area (Å²) in [6, 6.07) is 20.4. The van der Waals surface area contributed by atoms with Crippen molar-refractivity contribution in [3.8, 4) is 11.1 Å². The molecule has 1 aromatic heterocycles. The number of aliphatic carboxylic acids is 1. The van der Waals surface area contributed by atoms with Crippen LogP contribution in [-0.2, 0) is 14.3 Å². The van der Waals surface area contributed by atoms with E-state index in [0.717, 1.165) is 22.3 Å². The maximum Gasteiger partial charge on any atom is 0.412 e. The van der Waals surface area contributed by atoms with Crippen LogP contribution in [0.15, 0.2) is 66.7 Å². The molecule has 0 saturated heterocycles. The average Bonchev–Trinajstić information content (AvgIpc) is 3.18. The van der Waals surface area contributed by atoms with Crippen LogP contribution in [0.1, 0.15) is 27.5 Å². The molecule has 1 aliphatic rings. The topological polar surface area (TPSA) is 147 Å². The molecule has 0 fully saturated rings. The van der Waals surface area contributed by atoms with E-state index in [9.17, 15) is 19.2 Å². The third kappa shape index (κ3) is 5.61. The third-order valence-corrected chi connectivity index (χ3v) is 5.40. The zero-order chi connectivity index (χ0) is 24.8. The van der Waals surface area contributed by atoms with Gasteiger partial charge in [0.1, 0.15) is 24.7 Å². The highest BCUT2D eigenvalue weighted by Gasteiger charge is 2.29. The van der Waals surface area contributed by atoms with Crippen molar-refractivity contribution < 1.29 is 29.0 Å². The molecule has 0 unspecified atom stereocenters. The van der Waals surface area contributed by atoms with E-state index in [1.165, 1.54) is 18.2 Å². The number of hydrogen-bond donors (Lipinski definition) is 4. The second kappa shape index (κ2) is 10.5. The van der Waals surface area contributed by atoms with Crippen LogP contribution >= 0.6 is 0 Å². The number of nitrogens with one attached hydrogen (secondary N) is 3. The van der Waals surface area contributed by atoms with Gasteiger partial charge in [-0.3, -0.25) is 19.7 Å². The van der Waals surface area contributed by atoms with Crippen LogP contribution in [0, 0.1) is 0 Å². The number of ether oxygens (including phenoxy) is 1. The number of fused-ring (bicyclic) bond motifs is 3. The van der Waals surface area contributed by atoms with Crippen molar-refractivity contribution in [2.75, 3.05) is 25.0 Å². The monoisotopic (exact) mass is 474 g/mol. The van der Waals surface area contributed by atoms with Crippen LogP contribution in [-0.4, -0.2) is 53.7 Å². The van der Waals surface area contributed by atoms with E-state index in [4.69, 9.17) is 9.84 Å². The number of carboxylic acids is 1. The summed E-state index contributed by atoms with van der Waals surface area (Å²) in [5, 5.41) is 15.5. The van der Waals surface area contributed by atoms with Crippen molar-refractivity contribution in [2.24, 2.45) is 0 Å². The van der Waals surface area contributed by atoms with Crippen molar-refractivity contribution >= 4 is 29.7 Å². The van der Waals surface area contributed by atoms with Crippen molar-refractivity contribution in [3.63, 3.8) is 0 Å².